The summed E-state index contributed by atoms with van der Waals surface area (Å²) in [5, 5.41) is 9.61. The molecule has 5 heteroatoms. The quantitative estimate of drug-likeness (QED) is 0.589. The zero-order valence-electron chi connectivity index (χ0n) is 14.1. The van der Waals surface area contributed by atoms with Gasteiger partial charge in [0.05, 0.1) is 11.3 Å². The van der Waals surface area contributed by atoms with E-state index in [1.54, 1.807) is 6.07 Å². The molecule has 3 aromatic carbocycles. The number of thiocarbonyl (C=S) groups is 1. The van der Waals surface area contributed by atoms with Gasteiger partial charge in [-0.05, 0) is 42.0 Å². The number of benzene rings is 3. The first-order valence-electron chi connectivity index (χ1n) is 8.26. The molecule has 0 fully saturated rings. The molecule has 4 nitrogen and oxygen atoms in total. The number of hydrogen-bond donors (Lipinski definition) is 3. The molecule has 0 saturated carbocycles. The molecule has 130 valence electrons. The molecular weight excluding hydrogens is 342 g/mol. The van der Waals surface area contributed by atoms with Gasteiger partial charge in [0.15, 0.2) is 5.11 Å². The van der Waals surface area contributed by atoms with Crippen molar-refractivity contribution in [1.82, 2.24) is 5.32 Å². The molecule has 0 saturated heterocycles. The summed E-state index contributed by atoms with van der Waals surface area (Å²) in [4.78, 5) is 12.6. The Bertz CT molecular complexity index is 882. The molecular formula is C21H19N3OS. The van der Waals surface area contributed by atoms with Gasteiger partial charge >= 0.3 is 0 Å². The number of carbonyl (C=O) groups is 1. The summed E-state index contributed by atoms with van der Waals surface area (Å²) in [5.41, 5.74) is 3.07. The van der Waals surface area contributed by atoms with Crippen LogP contribution in [-0.4, -0.2) is 11.0 Å². The second-order valence-electron chi connectivity index (χ2n) is 5.66. The van der Waals surface area contributed by atoms with Crippen LogP contribution in [0.5, 0.6) is 0 Å². The maximum absolute atomic E-state index is 12.6. The Kier molecular flexibility index (Phi) is 5.96. The van der Waals surface area contributed by atoms with E-state index in [0.29, 0.717) is 22.9 Å². The Labute approximate surface area is 158 Å². The van der Waals surface area contributed by atoms with Crippen LogP contribution in [-0.2, 0) is 6.54 Å². The van der Waals surface area contributed by atoms with Crippen molar-refractivity contribution < 1.29 is 4.79 Å². The lowest BCUT2D eigenvalue weighted by Crippen LogP contribution is -2.29. The molecule has 0 aliphatic rings. The number of anilines is 2. The number of amides is 1. The van der Waals surface area contributed by atoms with Crippen molar-refractivity contribution in [2.75, 3.05) is 10.6 Å². The van der Waals surface area contributed by atoms with Crippen LogP contribution >= 0.6 is 12.2 Å². The minimum Gasteiger partial charge on any atom is -0.358 e. The Morgan fingerprint density at radius 3 is 2.12 bits per heavy atom. The van der Waals surface area contributed by atoms with Crippen LogP contribution in [0.25, 0.3) is 0 Å². The van der Waals surface area contributed by atoms with Gasteiger partial charge < -0.3 is 16.0 Å². The monoisotopic (exact) mass is 361 g/mol. The SMILES string of the molecule is O=C(Nc1ccccc1)c1ccccc1NC(=S)NCc1ccccc1. The maximum Gasteiger partial charge on any atom is 0.257 e. The summed E-state index contributed by atoms with van der Waals surface area (Å²) < 4.78 is 0. The molecule has 0 radical (unpaired) electrons. The van der Waals surface area contributed by atoms with Crippen molar-refractivity contribution in [2.45, 2.75) is 6.54 Å². The highest BCUT2D eigenvalue weighted by atomic mass is 32.1. The van der Waals surface area contributed by atoms with Crippen molar-refractivity contribution in [3.63, 3.8) is 0 Å². The highest BCUT2D eigenvalue weighted by Gasteiger charge is 2.12. The number of nitrogens with one attached hydrogen (secondary N) is 3. The number of para-hydroxylation sites is 2. The van der Waals surface area contributed by atoms with Gasteiger partial charge in [-0.15, -0.1) is 0 Å². The van der Waals surface area contributed by atoms with Gasteiger partial charge in [-0.1, -0.05) is 60.7 Å². The number of rotatable bonds is 5. The van der Waals surface area contributed by atoms with Crippen LogP contribution in [0.15, 0.2) is 84.9 Å². The summed E-state index contributed by atoms with van der Waals surface area (Å²) in [5.74, 6) is -0.190. The van der Waals surface area contributed by atoms with Crippen molar-refractivity contribution in [3.05, 3.63) is 96.1 Å². The Hall–Kier alpha value is -3.18. The van der Waals surface area contributed by atoms with Gasteiger partial charge in [-0.2, -0.15) is 0 Å². The fourth-order valence-electron chi connectivity index (χ4n) is 2.45. The van der Waals surface area contributed by atoms with Gasteiger partial charge in [0, 0.05) is 12.2 Å². The fraction of sp³-hybridized carbons (Fsp3) is 0.0476. The zero-order chi connectivity index (χ0) is 18.2. The Morgan fingerprint density at radius 1 is 0.769 bits per heavy atom. The summed E-state index contributed by atoms with van der Waals surface area (Å²) in [6.07, 6.45) is 0. The second kappa shape index (κ2) is 8.78. The van der Waals surface area contributed by atoms with Gasteiger partial charge in [-0.3, -0.25) is 4.79 Å². The van der Waals surface area contributed by atoms with Crippen molar-refractivity contribution >= 4 is 34.6 Å². The molecule has 0 atom stereocenters. The lowest BCUT2D eigenvalue weighted by Gasteiger charge is -2.14. The molecule has 0 unspecified atom stereocenters. The third kappa shape index (κ3) is 4.91. The van der Waals surface area contributed by atoms with Crippen molar-refractivity contribution in [2.24, 2.45) is 0 Å². The fourth-order valence-corrected chi connectivity index (χ4v) is 2.64. The van der Waals surface area contributed by atoms with Crippen LogP contribution in [0.1, 0.15) is 15.9 Å². The average Bonchev–Trinajstić information content (AvgIpc) is 2.68. The van der Waals surface area contributed by atoms with E-state index in [0.717, 1.165) is 11.3 Å². The maximum atomic E-state index is 12.6. The van der Waals surface area contributed by atoms with Gasteiger partial charge in [0.25, 0.3) is 5.91 Å². The molecule has 0 aliphatic heterocycles. The Balaban J connectivity index is 1.65. The molecule has 1 amide bonds. The summed E-state index contributed by atoms with van der Waals surface area (Å²) in [6.45, 7) is 0.616. The minimum atomic E-state index is -0.190. The van der Waals surface area contributed by atoms with E-state index in [1.807, 2.05) is 78.9 Å². The summed E-state index contributed by atoms with van der Waals surface area (Å²) in [6, 6.07) is 26.6. The molecule has 3 N–H and O–H groups in total. The van der Waals surface area contributed by atoms with E-state index in [4.69, 9.17) is 12.2 Å². The van der Waals surface area contributed by atoms with Crippen LogP contribution in [0.4, 0.5) is 11.4 Å². The van der Waals surface area contributed by atoms with Gasteiger partial charge in [0.2, 0.25) is 0 Å². The average molecular weight is 361 g/mol. The first kappa shape index (κ1) is 17.6. The standard InChI is InChI=1S/C21H19N3OS/c25-20(23-17-11-5-2-6-12-17)18-13-7-8-14-19(18)24-21(26)22-15-16-9-3-1-4-10-16/h1-14H,15H2,(H,23,25)(H2,22,24,26). The van der Waals surface area contributed by atoms with Crippen molar-refractivity contribution in [3.8, 4) is 0 Å². The minimum absolute atomic E-state index is 0.190. The van der Waals surface area contributed by atoms with E-state index >= 15 is 0 Å². The third-order valence-electron chi connectivity index (χ3n) is 3.75. The van der Waals surface area contributed by atoms with E-state index in [1.165, 1.54) is 0 Å². The lowest BCUT2D eigenvalue weighted by molar-refractivity contribution is 0.102. The molecule has 26 heavy (non-hydrogen) atoms. The first-order chi connectivity index (χ1) is 12.7. The Morgan fingerprint density at radius 2 is 1.38 bits per heavy atom. The van der Waals surface area contributed by atoms with E-state index in [9.17, 15) is 4.79 Å². The van der Waals surface area contributed by atoms with E-state index in [-0.39, 0.29) is 5.91 Å². The second-order valence-corrected chi connectivity index (χ2v) is 6.07. The number of carbonyl (C=O) groups excluding carboxylic acids is 1. The molecule has 0 aromatic heterocycles. The summed E-state index contributed by atoms with van der Waals surface area (Å²) in [7, 11) is 0. The van der Waals surface area contributed by atoms with Crippen molar-refractivity contribution in [1.29, 1.82) is 0 Å². The smallest absolute Gasteiger partial charge is 0.257 e. The molecule has 3 aromatic rings. The highest BCUT2D eigenvalue weighted by molar-refractivity contribution is 7.80. The third-order valence-corrected chi connectivity index (χ3v) is 3.99. The van der Waals surface area contributed by atoms with Crippen LogP contribution < -0.4 is 16.0 Å². The highest BCUT2D eigenvalue weighted by Crippen LogP contribution is 2.17. The van der Waals surface area contributed by atoms with E-state index in [2.05, 4.69) is 16.0 Å². The number of hydrogen-bond acceptors (Lipinski definition) is 2. The molecule has 0 spiro atoms. The predicted molar refractivity (Wildman–Crippen MR) is 110 cm³/mol. The predicted octanol–water partition coefficient (Wildman–Crippen LogP) is 4.43. The normalized spacial score (nSPS) is 10.0. The van der Waals surface area contributed by atoms with Gasteiger partial charge in [0.1, 0.15) is 0 Å². The van der Waals surface area contributed by atoms with Crippen LogP contribution in [0.3, 0.4) is 0 Å². The zero-order valence-corrected chi connectivity index (χ0v) is 14.9. The topological polar surface area (TPSA) is 53.2 Å². The van der Waals surface area contributed by atoms with Crippen LogP contribution in [0.2, 0.25) is 0 Å². The van der Waals surface area contributed by atoms with Gasteiger partial charge in [-0.25, -0.2) is 0 Å². The molecule has 3 rings (SSSR count). The lowest BCUT2D eigenvalue weighted by atomic mass is 10.1. The van der Waals surface area contributed by atoms with Crippen LogP contribution in [0, 0.1) is 0 Å². The molecule has 0 heterocycles. The van der Waals surface area contributed by atoms with E-state index < -0.39 is 0 Å². The summed E-state index contributed by atoms with van der Waals surface area (Å²) >= 11 is 5.36. The first-order valence-corrected chi connectivity index (χ1v) is 8.67. The molecule has 0 bridgehead atoms. The molecule has 0 aliphatic carbocycles. The largest absolute Gasteiger partial charge is 0.358 e.